The molecule has 0 spiro atoms. The Labute approximate surface area is 222 Å². The lowest BCUT2D eigenvalue weighted by Crippen LogP contribution is -2.27. The first-order valence-corrected chi connectivity index (χ1v) is 13.5. The molecule has 2 atom stereocenters. The number of benzene rings is 1. The Kier molecular flexibility index (Phi) is 6.30. The van der Waals surface area contributed by atoms with Crippen molar-refractivity contribution >= 4 is 11.8 Å². The van der Waals surface area contributed by atoms with Crippen LogP contribution in [0.25, 0.3) is 22.8 Å². The van der Waals surface area contributed by atoms with Crippen LogP contribution >= 0.6 is 11.8 Å². The van der Waals surface area contributed by atoms with Gasteiger partial charge in [-0.3, -0.25) is 0 Å². The summed E-state index contributed by atoms with van der Waals surface area (Å²) in [4.78, 5) is 10.5. The molecule has 6 rings (SSSR count). The minimum atomic E-state index is -4.45. The smallest absolute Gasteiger partial charge is 0.433 e. The number of halogens is 3. The monoisotopic (exact) mass is 540 g/mol. The molecular weight excluding hydrogens is 513 g/mol. The first-order chi connectivity index (χ1) is 18.2. The van der Waals surface area contributed by atoms with E-state index in [0.29, 0.717) is 28.8 Å². The molecule has 4 heterocycles. The lowest BCUT2D eigenvalue weighted by atomic mass is 9.93. The van der Waals surface area contributed by atoms with E-state index in [4.69, 9.17) is 4.42 Å². The number of pyridine rings is 1. The Morgan fingerprint density at radius 3 is 2.68 bits per heavy atom. The summed E-state index contributed by atoms with van der Waals surface area (Å²) < 4.78 is 46.5. The number of likely N-dealkylation sites (tertiary alicyclic amines) is 1. The van der Waals surface area contributed by atoms with E-state index in [1.165, 1.54) is 24.4 Å². The Morgan fingerprint density at radius 2 is 1.95 bits per heavy atom. The summed E-state index contributed by atoms with van der Waals surface area (Å²) in [6.45, 7) is 5.00. The molecule has 0 bridgehead atoms. The summed E-state index contributed by atoms with van der Waals surface area (Å²) in [5, 5.41) is 9.43. The minimum absolute atomic E-state index is 0.167. The van der Waals surface area contributed by atoms with Crippen molar-refractivity contribution in [2.45, 2.75) is 36.5 Å². The maximum absolute atomic E-state index is 13.0. The topological polar surface area (TPSA) is 72.9 Å². The van der Waals surface area contributed by atoms with Crippen LogP contribution in [0.1, 0.15) is 29.8 Å². The minimum Gasteiger partial charge on any atom is -0.440 e. The van der Waals surface area contributed by atoms with Crippen molar-refractivity contribution in [3.05, 3.63) is 65.8 Å². The summed E-state index contributed by atoms with van der Waals surface area (Å²) >= 11 is 1.69. The fourth-order valence-electron chi connectivity index (χ4n) is 5.54. The number of fused-ring (bicyclic) bond motifs is 1. The highest BCUT2D eigenvalue weighted by Crippen LogP contribution is 2.59. The average Bonchev–Trinajstić information content (AvgIpc) is 3.18. The Morgan fingerprint density at radius 1 is 1.13 bits per heavy atom. The molecule has 1 saturated carbocycles. The van der Waals surface area contributed by atoms with E-state index in [1.54, 1.807) is 17.8 Å². The highest BCUT2D eigenvalue weighted by atomic mass is 32.2. The fourth-order valence-corrected chi connectivity index (χ4v) is 6.37. The molecule has 0 amide bonds. The summed E-state index contributed by atoms with van der Waals surface area (Å²) in [5.41, 5.74) is 2.40. The SMILES string of the molecule is Cc1ncoc1-c1nnc(SCCCN2C[C@H]3CC3(c3ccc(-c4cccc(C(F)(F)F)n4)cc3)C2)n1C. The van der Waals surface area contributed by atoms with Gasteiger partial charge in [-0.05, 0) is 49.9 Å². The van der Waals surface area contributed by atoms with Gasteiger partial charge in [-0.25, -0.2) is 9.97 Å². The summed E-state index contributed by atoms with van der Waals surface area (Å²) in [6.07, 6.45) is -0.823. The number of nitrogens with zero attached hydrogens (tertiary/aromatic N) is 6. The van der Waals surface area contributed by atoms with E-state index >= 15 is 0 Å². The molecule has 2 fully saturated rings. The molecule has 198 valence electrons. The van der Waals surface area contributed by atoms with Gasteiger partial charge in [0.25, 0.3) is 0 Å². The van der Waals surface area contributed by atoms with Gasteiger partial charge in [-0.2, -0.15) is 13.2 Å². The molecule has 1 aliphatic carbocycles. The first kappa shape index (κ1) is 25.1. The van der Waals surface area contributed by atoms with Crippen LogP contribution in [0, 0.1) is 12.8 Å². The number of hydrogen-bond acceptors (Lipinski definition) is 7. The molecule has 0 radical (unpaired) electrons. The second kappa shape index (κ2) is 9.53. The lowest BCUT2D eigenvalue weighted by molar-refractivity contribution is -0.141. The standard InChI is InChI=1S/C27H27F3N6OS/c1-17-23(37-16-31-17)24-33-34-25(35(24)2)38-12-4-11-36-14-20-13-26(20,15-36)19-9-7-18(8-10-19)21-5-3-6-22(32-21)27(28,29)30/h3,5-10,16,20H,4,11-15H2,1-2H3/t20-,26?/m1/s1. The first-order valence-electron chi connectivity index (χ1n) is 12.5. The Hall–Kier alpha value is -3.18. The third kappa shape index (κ3) is 4.62. The Bertz CT molecular complexity index is 1450. The van der Waals surface area contributed by atoms with Crippen molar-refractivity contribution in [1.29, 1.82) is 0 Å². The van der Waals surface area contributed by atoms with Crippen LogP contribution in [0.2, 0.25) is 0 Å². The summed E-state index contributed by atoms with van der Waals surface area (Å²) in [5.74, 6) is 2.90. The van der Waals surface area contributed by atoms with Gasteiger partial charge in [-0.15, -0.1) is 10.2 Å². The van der Waals surface area contributed by atoms with E-state index in [0.717, 1.165) is 48.7 Å². The normalized spacial score (nSPS) is 21.1. The van der Waals surface area contributed by atoms with Crippen LogP contribution in [0.15, 0.2) is 58.4 Å². The van der Waals surface area contributed by atoms with Crippen molar-refractivity contribution in [3.8, 4) is 22.8 Å². The number of oxazole rings is 1. The van der Waals surface area contributed by atoms with Gasteiger partial charge in [0.15, 0.2) is 17.3 Å². The summed E-state index contributed by atoms with van der Waals surface area (Å²) in [7, 11) is 1.94. The molecular formula is C27H27F3N6OS. The van der Waals surface area contributed by atoms with E-state index in [9.17, 15) is 13.2 Å². The van der Waals surface area contributed by atoms with Gasteiger partial charge >= 0.3 is 6.18 Å². The van der Waals surface area contributed by atoms with Crippen molar-refractivity contribution in [2.24, 2.45) is 13.0 Å². The molecule has 1 saturated heterocycles. The molecule has 0 N–H and O–H groups in total. The molecule has 1 aliphatic heterocycles. The molecule has 1 unspecified atom stereocenters. The van der Waals surface area contributed by atoms with Crippen molar-refractivity contribution in [2.75, 3.05) is 25.4 Å². The van der Waals surface area contributed by atoms with Crippen molar-refractivity contribution < 1.29 is 17.6 Å². The zero-order valence-corrected chi connectivity index (χ0v) is 21.9. The van der Waals surface area contributed by atoms with Gasteiger partial charge < -0.3 is 13.9 Å². The van der Waals surface area contributed by atoms with Crippen LogP contribution < -0.4 is 0 Å². The number of hydrogen-bond donors (Lipinski definition) is 0. The average molecular weight is 541 g/mol. The highest BCUT2D eigenvalue weighted by molar-refractivity contribution is 7.99. The van der Waals surface area contributed by atoms with Crippen molar-refractivity contribution in [3.63, 3.8) is 0 Å². The zero-order valence-electron chi connectivity index (χ0n) is 21.1. The number of alkyl halides is 3. The van der Waals surface area contributed by atoms with E-state index in [-0.39, 0.29) is 5.41 Å². The van der Waals surface area contributed by atoms with E-state index < -0.39 is 11.9 Å². The van der Waals surface area contributed by atoms with Gasteiger partial charge in [0.05, 0.1) is 11.4 Å². The van der Waals surface area contributed by atoms with Gasteiger partial charge in [0.1, 0.15) is 5.69 Å². The third-order valence-electron chi connectivity index (χ3n) is 7.64. The van der Waals surface area contributed by atoms with Gasteiger partial charge in [-0.1, -0.05) is 42.1 Å². The van der Waals surface area contributed by atoms with Crippen LogP contribution in [-0.2, 0) is 18.6 Å². The van der Waals surface area contributed by atoms with Crippen LogP contribution in [0.5, 0.6) is 0 Å². The van der Waals surface area contributed by atoms with E-state index in [1.807, 2.05) is 30.7 Å². The number of aromatic nitrogens is 5. The number of aryl methyl sites for hydroxylation is 1. The van der Waals surface area contributed by atoms with Crippen molar-refractivity contribution in [1.82, 2.24) is 29.6 Å². The Balaban J connectivity index is 1.03. The summed E-state index contributed by atoms with van der Waals surface area (Å²) in [6, 6.07) is 12.0. The maximum Gasteiger partial charge on any atom is 0.433 e. The number of piperidine rings is 1. The molecule has 11 heteroatoms. The lowest BCUT2D eigenvalue weighted by Gasteiger charge is -2.21. The molecule has 4 aromatic rings. The van der Waals surface area contributed by atoms with Crippen LogP contribution in [0.4, 0.5) is 13.2 Å². The van der Waals surface area contributed by atoms with Gasteiger partial charge in [0, 0.05) is 36.9 Å². The van der Waals surface area contributed by atoms with Crippen LogP contribution in [-0.4, -0.2) is 55.0 Å². The predicted octanol–water partition coefficient (Wildman–Crippen LogP) is 5.62. The fraction of sp³-hybridized carbons (Fsp3) is 0.407. The second-order valence-electron chi connectivity index (χ2n) is 10.1. The zero-order chi connectivity index (χ0) is 26.5. The quantitative estimate of drug-likeness (QED) is 0.212. The predicted molar refractivity (Wildman–Crippen MR) is 137 cm³/mol. The molecule has 2 aliphatic rings. The number of thioether (sulfide) groups is 1. The maximum atomic E-state index is 13.0. The largest absolute Gasteiger partial charge is 0.440 e. The third-order valence-corrected chi connectivity index (χ3v) is 8.75. The second-order valence-corrected chi connectivity index (χ2v) is 11.2. The molecule has 38 heavy (non-hydrogen) atoms. The molecule has 3 aromatic heterocycles. The highest BCUT2D eigenvalue weighted by Gasteiger charge is 2.60. The number of rotatable bonds is 8. The van der Waals surface area contributed by atoms with E-state index in [2.05, 4.69) is 37.2 Å². The molecule has 7 nitrogen and oxygen atoms in total. The van der Waals surface area contributed by atoms with Gasteiger partial charge in [0.2, 0.25) is 5.82 Å². The molecule has 1 aromatic carbocycles. The van der Waals surface area contributed by atoms with Crippen LogP contribution in [0.3, 0.4) is 0 Å².